The highest BCUT2D eigenvalue weighted by Crippen LogP contribution is 2.44. The molecule has 19 heavy (non-hydrogen) atoms. The first kappa shape index (κ1) is 13.2. The maximum Gasteiger partial charge on any atom is 0.239 e. The van der Waals surface area contributed by atoms with E-state index < -0.39 is 0 Å². The Morgan fingerprint density at radius 3 is 2.53 bits per heavy atom. The number of allylic oxidation sites excluding steroid dienone is 2. The van der Waals surface area contributed by atoms with E-state index in [1.807, 2.05) is 11.8 Å². The van der Waals surface area contributed by atoms with Crippen LogP contribution in [0.25, 0.3) is 0 Å². The smallest absolute Gasteiger partial charge is 0.239 e. The minimum atomic E-state index is -0.0313. The van der Waals surface area contributed by atoms with Gasteiger partial charge >= 0.3 is 0 Å². The molecule has 1 amide bonds. The maximum atomic E-state index is 12.3. The molecule has 0 aromatic heterocycles. The average Bonchev–Trinajstić information content (AvgIpc) is 3.13. The van der Waals surface area contributed by atoms with Gasteiger partial charge in [-0.15, -0.1) is 0 Å². The minimum absolute atomic E-state index is 0.0313. The molecule has 106 valence electrons. The summed E-state index contributed by atoms with van der Waals surface area (Å²) in [6, 6.07) is 0.415. The molecule has 3 aliphatic rings. The third-order valence-corrected chi connectivity index (χ3v) is 5.27. The van der Waals surface area contributed by atoms with Gasteiger partial charge in [0, 0.05) is 19.1 Å². The van der Waals surface area contributed by atoms with Crippen LogP contribution >= 0.6 is 0 Å². The molecule has 0 aromatic rings. The standard InChI is InChI=1S/C16H26N2O/c1-11(15-10-13-5-6-14(15)9-13)17-12(2)16(19)18-7-3-4-8-18/h5-6,11-15,17H,3-4,7-10H2,1-2H3. The third kappa shape index (κ3) is 2.58. The summed E-state index contributed by atoms with van der Waals surface area (Å²) in [6.45, 7) is 6.19. The lowest BCUT2D eigenvalue weighted by Crippen LogP contribution is -2.49. The van der Waals surface area contributed by atoms with Gasteiger partial charge < -0.3 is 10.2 Å². The SMILES string of the molecule is CC(NC(C)C1CC2C=CC1C2)C(=O)N1CCCC1. The van der Waals surface area contributed by atoms with Crippen LogP contribution in [0.2, 0.25) is 0 Å². The van der Waals surface area contributed by atoms with Gasteiger partial charge in [-0.25, -0.2) is 0 Å². The highest BCUT2D eigenvalue weighted by atomic mass is 16.2. The molecule has 1 aliphatic heterocycles. The van der Waals surface area contributed by atoms with E-state index in [1.54, 1.807) is 0 Å². The van der Waals surface area contributed by atoms with Gasteiger partial charge in [-0.2, -0.15) is 0 Å². The Morgan fingerprint density at radius 1 is 1.21 bits per heavy atom. The van der Waals surface area contributed by atoms with E-state index in [9.17, 15) is 4.79 Å². The average molecular weight is 262 g/mol. The largest absolute Gasteiger partial charge is 0.341 e. The van der Waals surface area contributed by atoms with E-state index in [1.165, 1.54) is 25.7 Å². The van der Waals surface area contributed by atoms with E-state index in [0.717, 1.165) is 30.8 Å². The molecule has 3 heteroatoms. The summed E-state index contributed by atoms with van der Waals surface area (Å²) < 4.78 is 0. The predicted octanol–water partition coefficient (Wildman–Crippen LogP) is 2.19. The number of rotatable bonds is 4. The summed E-state index contributed by atoms with van der Waals surface area (Å²) in [5, 5.41) is 3.56. The molecule has 0 radical (unpaired) electrons. The van der Waals surface area contributed by atoms with Crippen molar-refractivity contribution in [3.63, 3.8) is 0 Å². The summed E-state index contributed by atoms with van der Waals surface area (Å²) in [5.74, 6) is 2.58. The second kappa shape index (κ2) is 5.28. The van der Waals surface area contributed by atoms with Crippen molar-refractivity contribution in [3.05, 3.63) is 12.2 Å². The van der Waals surface area contributed by atoms with Crippen LogP contribution in [0.4, 0.5) is 0 Å². The maximum absolute atomic E-state index is 12.3. The van der Waals surface area contributed by atoms with Crippen LogP contribution in [0.5, 0.6) is 0 Å². The van der Waals surface area contributed by atoms with E-state index >= 15 is 0 Å². The second-order valence-electron chi connectivity index (χ2n) is 6.65. The van der Waals surface area contributed by atoms with Crippen molar-refractivity contribution in [3.8, 4) is 0 Å². The van der Waals surface area contributed by atoms with E-state index in [0.29, 0.717) is 11.9 Å². The highest BCUT2D eigenvalue weighted by Gasteiger charge is 2.39. The zero-order valence-electron chi connectivity index (χ0n) is 12.1. The molecular weight excluding hydrogens is 236 g/mol. The van der Waals surface area contributed by atoms with Crippen molar-refractivity contribution >= 4 is 5.91 Å². The van der Waals surface area contributed by atoms with Crippen LogP contribution in [0.1, 0.15) is 39.5 Å². The molecule has 1 N–H and O–H groups in total. The van der Waals surface area contributed by atoms with E-state index in [4.69, 9.17) is 0 Å². The monoisotopic (exact) mass is 262 g/mol. The molecule has 1 heterocycles. The summed E-state index contributed by atoms with van der Waals surface area (Å²) in [5.41, 5.74) is 0. The predicted molar refractivity (Wildman–Crippen MR) is 76.7 cm³/mol. The number of carbonyl (C=O) groups excluding carboxylic acids is 1. The molecule has 1 saturated carbocycles. The number of nitrogens with zero attached hydrogens (tertiary/aromatic N) is 1. The van der Waals surface area contributed by atoms with Gasteiger partial charge in [0.1, 0.15) is 0 Å². The third-order valence-electron chi connectivity index (χ3n) is 5.27. The number of amides is 1. The van der Waals surface area contributed by atoms with Crippen LogP contribution in [0, 0.1) is 17.8 Å². The van der Waals surface area contributed by atoms with Gasteiger partial charge in [-0.1, -0.05) is 12.2 Å². The Labute approximate surface area is 116 Å². The molecule has 0 spiro atoms. The van der Waals surface area contributed by atoms with Crippen LogP contribution in [-0.2, 0) is 4.79 Å². The van der Waals surface area contributed by atoms with Gasteiger partial charge in [0.05, 0.1) is 6.04 Å². The van der Waals surface area contributed by atoms with Crippen molar-refractivity contribution in [2.24, 2.45) is 17.8 Å². The van der Waals surface area contributed by atoms with Crippen molar-refractivity contribution in [1.29, 1.82) is 0 Å². The first-order chi connectivity index (χ1) is 9.15. The van der Waals surface area contributed by atoms with Gasteiger partial charge in [-0.05, 0) is 57.3 Å². The summed E-state index contributed by atoms with van der Waals surface area (Å²) >= 11 is 0. The van der Waals surface area contributed by atoms with E-state index in [-0.39, 0.29) is 6.04 Å². The number of carbonyl (C=O) groups is 1. The molecule has 2 aliphatic carbocycles. The molecule has 3 rings (SSSR count). The van der Waals surface area contributed by atoms with Crippen LogP contribution in [0.15, 0.2) is 12.2 Å². The number of likely N-dealkylation sites (tertiary alicyclic amines) is 1. The van der Waals surface area contributed by atoms with Gasteiger partial charge in [-0.3, -0.25) is 4.79 Å². The molecule has 3 nitrogen and oxygen atoms in total. The molecule has 2 fully saturated rings. The fraction of sp³-hybridized carbons (Fsp3) is 0.812. The van der Waals surface area contributed by atoms with Gasteiger partial charge in [0.2, 0.25) is 5.91 Å². The normalized spacial score (nSPS) is 35.9. The molecule has 5 unspecified atom stereocenters. The minimum Gasteiger partial charge on any atom is -0.341 e. The lowest BCUT2D eigenvalue weighted by molar-refractivity contribution is -0.132. The second-order valence-corrected chi connectivity index (χ2v) is 6.65. The number of fused-ring (bicyclic) bond motifs is 2. The Kier molecular flexibility index (Phi) is 3.66. The fourth-order valence-corrected chi connectivity index (χ4v) is 4.20. The zero-order valence-corrected chi connectivity index (χ0v) is 12.1. The Bertz CT molecular complexity index is 373. The first-order valence-corrected chi connectivity index (χ1v) is 7.88. The summed E-state index contributed by atoms with van der Waals surface area (Å²) in [7, 11) is 0. The fourth-order valence-electron chi connectivity index (χ4n) is 4.20. The van der Waals surface area contributed by atoms with Crippen LogP contribution in [-0.4, -0.2) is 36.0 Å². The van der Waals surface area contributed by atoms with Gasteiger partial charge in [0.25, 0.3) is 0 Å². The number of nitrogens with one attached hydrogen (secondary N) is 1. The quantitative estimate of drug-likeness (QED) is 0.788. The first-order valence-electron chi connectivity index (χ1n) is 7.88. The Hall–Kier alpha value is -0.830. The Morgan fingerprint density at radius 2 is 1.95 bits per heavy atom. The van der Waals surface area contributed by atoms with Crippen molar-refractivity contribution in [2.45, 2.75) is 51.6 Å². The summed E-state index contributed by atoms with van der Waals surface area (Å²) in [4.78, 5) is 14.3. The van der Waals surface area contributed by atoms with E-state index in [2.05, 4.69) is 24.4 Å². The lowest BCUT2D eigenvalue weighted by Gasteiger charge is -2.30. The Balaban J connectivity index is 1.52. The number of hydrogen-bond donors (Lipinski definition) is 1. The molecule has 1 saturated heterocycles. The van der Waals surface area contributed by atoms with Crippen LogP contribution in [0.3, 0.4) is 0 Å². The molecular formula is C16H26N2O. The van der Waals surface area contributed by atoms with Crippen LogP contribution < -0.4 is 5.32 Å². The highest BCUT2D eigenvalue weighted by molar-refractivity contribution is 5.81. The summed E-state index contributed by atoms with van der Waals surface area (Å²) in [6.07, 6.45) is 9.76. The van der Waals surface area contributed by atoms with Crippen molar-refractivity contribution < 1.29 is 4.79 Å². The number of hydrogen-bond acceptors (Lipinski definition) is 2. The zero-order chi connectivity index (χ0) is 13.4. The topological polar surface area (TPSA) is 32.3 Å². The molecule has 5 atom stereocenters. The van der Waals surface area contributed by atoms with Gasteiger partial charge in [0.15, 0.2) is 0 Å². The lowest BCUT2D eigenvalue weighted by atomic mass is 9.87. The van der Waals surface area contributed by atoms with Crippen molar-refractivity contribution in [2.75, 3.05) is 13.1 Å². The molecule has 2 bridgehead atoms. The van der Waals surface area contributed by atoms with Crippen molar-refractivity contribution in [1.82, 2.24) is 10.2 Å². The molecule has 0 aromatic carbocycles.